The Hall–Kier alpha value is -3.14. The van der Waals surface area contributed by atoms with Crippen LogP contribution in [0.25, 0.3) is 0 Å². The van der Waals surface area contributed by atoms with Gasteiger partial charge in [0.25, 0.3) is 10.0 Å². The van der Waals surface area contributed by atoms with E-state index in [-0.39, 0.29) is 40.5 Å². The van der Waals surface area contributed by atoms with Crippen molar-refractivity contribution in [2.24, 2.45) is 5.92 Å². The molecule has 3 rings (SSSR count). The Balaban J connectivity index is 1.86. The van der Waals surface area contributed by atoms with Gasteiger partial charge in [-0.2, -0.15) is 0 Å². The van der Waals surface area contributed by atoms with Gasteiger partial charge >= 0.3 is 11.9 Å². The van der Waals surface area contributed by atoms with Gasteiger partial charge in [0.15, 0.2) is 0 Å². The number of anilines is 2. The van der Waals surface area contributed by atoms with E-state index in [4.69, 9.17) is 4.74 Å². The Morgan fingerprint density at radius 3 is 2.77 bits per heavy atom. The SMILES string of the molecule is CCOC(=O)[C@H]1CCCN(c2ncc(NS(=O)(=O)c3cccc(C)c3)cc2C(=O)O)C1. The van der Waals surface area contributed by atoms with Gasteiger partial charge in [-0.1, -0.05) is 12.1 Å². The average molecular weight is 448 g/mol. The van der Waals surface area contributed by atoms with Gasteiger partial charge in [0.2, 0.25) is 0 Å². The molecule has 166 valence electrons. The molecule has 9 nitrogen and oxygen atoms in total. The summed E-state index contributed by atoms with van der Waals surface area (Å²) in [6.07, 6.45) is 2.63. The summed E-state index contributed by atoms with van der Waals surface area (Å²) in [6.45, 7) is 4.63. The van der Waals surface area contributed by atoms with Crippen LogP contribution in [0.2, 0.25) is 0 Å². The molecule has 10 heteroatoms. The van der Waals surface area contributed by atoms with Gasteiger partial charge in [0.1, 0.15) is 11.4 Å². The number of carboxylic acids is 1. The lowest BCUT2D eigenvalue weighted by Gasteiger charge is -2.33. The molecule has 0 aliphatic carbocycles. The maximum Gasteiger partial charge on any atom is 0.339 e. The van der Waals surface area contributed by atoms with Gasteiger partial charge in [-0.15, -0.1) is 0 Å². The van der Waals surface area contributed by atoms with Gasteiger partial charge in [-0.25, -0.2) is 18.2 Å². The molecule has 0 saturated carbocycles. The van der Waals surface area contributed by atoms with Crippen molar-refractivity contribution in [2.45, 2.75) is 31.6 Å². The molecule has 0 spiro atoms. The predicted octanol–water partition coefficient (Wildman–Crippen LogP) is 2.67. The van der Waals surface area contributed by atoms with Crippen LogP contribution in [-0.4, -0.2) is 50.1 Å². The molecule has 0 unspecified atom stereocenters. The van der Waals surface area contributed by atoms with E-state index in [9.17, 15) is 23.1 Å². The lowest BCUT2D eigenvalue weighted by atomic mass is 9.98. The molecule has 0 amide bonds. The van der Waals surface area contributed by atoms with Gasteiger partial charge in [-0.05, 0) is 50.5 Å². The number of esters is 1. The molecule has 1 aliphatic heterocycles. The number of aromatic carboxylic acids is 1. The first kappa shape index (κ1) is 22.5. The fourth-order valence-corrected chi connectivity index (χ4v) is 4.68. The van der Waals surface area contributed by atoms with E-state index < -0.39 is 16.0 Å². The zero-order valence-corrected chi connectivity index (χ0v) is 18.2. The Kier molecular flexibility index (Phi) is 6.79. The van der Waals surface area contributed by atoms with Crippen LogP contribution in [0.5, 0.6) is 0 Å². The minimum atomic E-state index is -3.90. The lowest BCUT2D eigenvalue weighted by molar-refractivity contribution is -0.148. The third-order valence-corrected chi connectivity index (χ3v) is 6.37. The lowest BCUT2D eigenvalue weighted by Crippen LogP contribution is -2.40. The molecule has 0 radical (unpaired) electrons. The Morgan fingerprint density at radius 1 is 1.32 bits per heavy atom. The topological polar surface area (TPSA) is 126 Å². The minimum Gasteiger partial charge on any atom is -0.478 e. The number of carbonyl (C=O) groups excluding carboxylic acids is 1. The third kappa shape index (κ3) is 5.32. The standard InChI is InChI=1S/C21H25N3O6S/c1-3-30-21(27)15-7-5-9-24(13-15)19-18(20(25)26)11-16(12-22-19)23-31(28,29)17-8-4-6-14(2)10-17/h4,6,8,10-12,15,23H,3,5,7,9,13H2,1-2H3,(H,25,26)/t15-/m0/s1. The monoisotopic (exact) mass is 447 g/mol. The summed E-state index contributed by atoms with van der Waals surface area (Å²) in [7, 11) is -3.90. The summed E-state index contributed by atoms with van der Waals surface area (Å²) in [4.78, 5) is 30.0. The van der Waals surface area contributed by atoms with Crippen LogP contribution in [0.3, 0.4) is 0 Å². The van der Waals surface area contributed by atoms with Crippen LogP contribution in [0, 0.1) is 12.8 Å². The minimum absolute atomic E-state index is 0.0432. The summed E-state index contributed by atoms with van der Waals surface area (Å²) in [5.74, 6) is -1.72. The van der Waals surface area contributed by atoms with Gasteiger partial charge in [0.05, 0.1) is 29.3 Å². The van der Waals surface area contributed by atoms with Crippen molar-refractivity contribution in [1.29, 1.82) is 0 Å². The number of nitrogens with one attached hydrogen (secondary N) is 1. The molecule has 1 aromatic carbocycles. The van der Waals surface area contributed by atoms with E-state index in [1.165, 1.54) is 24.4 Å². The summed E-state index contributed by atoms with van der Waals surface area (Å²) < 4.78 is 32.8. The summed E-state index contributed by atoms with van der Waals surface area (Å²) in [5.41, 5.74) is 0.680. The number of carboxylic acid groups (broad SMARTS) is 1. The molecular formula is C21H25N3O6S. The first-order valence-corrected chi connectivity index (χ1v) is 11.4. The molecule has 1 atom stereocenters. The number of rotatable bonds is 7. The van der Waals surface area contributed by atoms with Crippen LogP contribution < -0.4 is 9.62 Å². The predicted molar refractivity (Wildman–Crippen MR) is 115 cm³/mol. The highest BCUT2D eigenvalue weighted by atomic mass is 32.2. The number of carbonyl (C=O) groups is 2. The first-order valence-electron chi connectivity index (χ1n) is 9.95. The van der Waals surface area contributed by atoms with Crippen LogP contribution in [0.1, 0.15) is 35.7 Å². The fourth-order valence-electron chi connectivity index (χ4n) is 3.54. The number of ether oxygens (including phenoxy) is 1. The van der Waals surface area contributed by atoms with Gasteiger partial charge < -0.3 is 14.7 Å². The Bertz CT molecular complexity index is 1090. The summed E-state index contributed by atoms with van der Waals surface area (Å²) >= 11 is 0. The van der Waals surface area contributed by atoms with E-state index in [1.54, 1.807) is 30.9 Å². The van der Waals surface area contributed by atoms with Crippen molar-refractivity contribution in [3.05, 3.63) is 47.7 Å². The number of sulfonamides is 1. The maximum atomic E-state index is 12.7. The number of nitrogens with zero attached hydrogens (tertiary/aromatic N) is 2. The quantitative estimate of drug-likeness (QED) is 0.621. The van der Waals surface area contributed by atoms with Crippen LogP contribution in [0.4, 0.5) is 11.5 Å². The van der Waals surface area contributed by atoms with E-state index in [2.05, 4.69) is 9.71 Å². The van der Waals surface area contributed by atoms with Crippen molar-refractivity contribution in [3.8, 4) is 0 Å². The van der Waals surface area contributed by atoms with Crippen LogP contribution in [0.15, 0.2) is 41.4 Å². The maximum absolute atomic E-state index is 12.7. The van der Waals surface area contributed by atoms with E-state index in [0.717, 1.165) is 5.56 Å². The zero-order valence-electron chi connectivity index (χ0n) is 17.4. The molecule has 2 N–H and O–H groups in total. The summed E-state index contributed by atoms with van der Waals surface area (Å²) in [5, 5.41) is 9.70. The van der Waals surface area contributed by atoms with Crippen molar-refractivity contribution in [2.75, 3.05) is 29.3 Å². The number of aromatic nitrogens is 1. The second kappa shape index (κ2) is 9.34. The number of hydrogen-bond donors (Lipinski definition) is 2. The molecule has 0 bridgehead atoms. The molecule has 2 heterocycles. The molecule has 1 aliphatic rings. The zero-order chi connectivity index (χ0) is 22.6. The highest BCUT2D eigenvalue weighted by Crippen LogP contribution is 2.28. The Morgan fingerprint density at radius 2 is 2.10 bits per heavy atom. The van der Waals surface area contributed by atoms with Crippen molar-refractivity contribution in [1.82, 2.24) is 4.98 Å². The van der Waals surface area contributed by atoms with Crippen LogP contribution in [-0.2, 0) is 19.6 Å². The average Bonchev–Trinajstić information content (AvgIpc) is 2.73. The molecule has 1 aromatic heterocycles. The third-order valence-electron chi connectivity index (χ3n) is 4.99. The number of hydrogen-bond acceptors (Lipinski definition) is 7. The van der Waals surface area contributed by atoms with Gasteiger partial charge in [-0.3, -0.25) is 9.52 Å². The highest BCUT2D eigenvalue weighted by molar-refractivity contribution is 7.92. The second-order valence-electron chi connectivity index (χ2n) is 7.36. The molecule has 1 saturated heterocycles. The van der Waals surface area contributed by atoms with E-state index in [1.807, 2.05) is 0 Å². The van der Waals surface area contributed by atoms with E-state index in [0.29, 0.717) is 25.9 Å². The number of benzene rings is 1. The Labute approximate surface area is 181 Å². The largest absolute Gasteiger partial charge is 0.478 e. The van der Waals surface area contributed by atoms with Crippen molar-refractivity contribution in [3.63, 3.8) is 0 Å². The molecule has 31 heavy (non-hydrogen) atoms. The number of pyridine rings is 1. The van der Waals surface area contributed by atoms with Gasteiger partial charge in [0, 0.05) is 13.1 Å². The number of piperidine rings is 1. The van der Waals surface area contributed by atoms with Crippen molar-refractivity contribution < 1.29 is 27.9 Å². The number of aryl methyl sites for hydroxylation is 1. The highest BCUT2D eigenvalue weighted by Gasteiger charge is 2.30. The molecule has 1 fully saturated rings. The molecular weight excluding hydrogens is 422 g/mol. The smallest absolute Gasteiger partial charge is 0.339 e. The first-order chi connectivity index (χ1) is 14.7. The molecule has 2 aromatic rings. The summed E-state index contributed by atoms with van der Waals surface area (Å²) in [6, 6.07) is 7.63. The fraction of sp³-hybridized carbons (Fsp3) is 0.381. The van der Waals surface area contributed by atoms with Crippen molar-refractivity contribution >= 4 is 33.5 Å². The van der Waals surface area contributed by atoms with Crippen LogP contribution >= 0.6 is 0 Å². The normalized spacial score (nSPS) is 16.6. The van der Waals surface area contributed by atoms with E-state index >= 15 is 0 Å². The second-order valence-corrected chi connectivity index (χ2v) is 9.04.